The van der Waals surface area contributed by atoms with Crippen molar-refractivity contribution in [2.75, 3.05) is 0 Å². The second-order valence-electron chi connectivity index (χ2n) is 5.65. The maximum Gasteiger partial charge on any atom is 0.238 e. The molecule has 2 aromatic carbocycles. The fourth-order valence-electron chi connectivity index (χ4n) is 2.42. The molecule has 0 unspecified atom stereocenters. The van der Waals surface area contributed by atoms with Gasteiger partial charge in [0.2, 0.25) is 10.0 Å². The molecule has 0 spiro atoms. The van der Waals surface area contributed by atoms with Gasteiger partial charge in [0.15, 0.2) is 0 Å². The Labute approximate surface area is 159 Å². The van der Waals surface area contributed by atoms with Crippen LogP contribution in [0.2, 0.25) is 0 Å². The van der Waals surface area contributed by atoms with E-state index in [1.54, 1.807) is 16.8 Å². The third kappa shape index (κ3) is 3.90. The van der Waals surface area contributed by atoms with E-state index in [1.165, 1.54) is 12.1 Å². The molecule has 26 heavy (non-hydrogen) atoms. The number of nitrogens with two attached hydrogens (primary N) is 1. The van der Waals surface area contributed by atoms with Crippen molar-refractivity contribution in [1.29, 1.82) is 0 Å². The number of sulfonamides is 1. The summed E-state index contributed by atoms with van der Waals surface area (Å²) in [6.07, 6.45) is 0. The molecule has 0 saturated heterocycles. The Kier molecular flexibility index (Phi) is 5.03. The number of benzene rings is 2. The molecule has 134 valence electrons. The number of hydrogen-bond donors (Lipinski definition) is 1. The first-order chi connectivity index (χ1) is 12.3. The summed E-state index contributed by atoms with van der Waals surface area (Å²) < 4.78 is 25.4. The smallest absolute Gasteiger partial charge is 0.236 e. The number of halogens is 1. The Bertz CT molecular complexity index is 1070. The zero-order valence-corrected chi connectivity index (χ0v) is 16.5. The molecule has 0 saturated carbocycles. The van der Waals surface area contributed by atoms with Crippen LogP contribution in [0.15, 0.2) is 68.1 Å². The second kappa shape index (κ2) is 7.10. The van der Waals surface area contributed by atoms with Crippen molar-refractivity contribution in [2.24, 2.45) is 15.4 Å². The van der Waals surface area contributed by atoms with E-state index in [0.29, 0.717) is 11.4 Å². The van der Waals surface area contributed by atoms with Gasteiger partial charge in [-0.3, -0.25) is 0 Å². The first kappa shape index (κ1) is 18.4. The fourth-order valence-corrected chi connectivity index (χ4v) is 3.20. The van der Waals surface area contributed by atoms with Crippen LogP contribution < -0.4 is 5.14 Å². The van der Waals surface area contributed by atoms with Crippen molar-refractivity contribution < 1.29 is 8.42 Å². The van der Waals surface area contributed by atoms with Gasteiger partial charge in [-0.15, -0.1) is 5.11 Å². The van der Waals surface area contributed by atoms with Crippen molar-refractivity contribution >= 4 is 37.3 Å². The average molecular weight is 434 g/mol. The number of primary sulfonamides is 1. The summed E-state index contributed by atoms with van der Waals surface area (Å²) in [5, 5.41) is 18.1. The molecule has 0 atom stereocenters. The van der Waals surface area contributed by atoms with Gasteiger partial charge in [0.1, 0.15) is 5.69 Å². The van der Waals surface area contributed by atoms with Gasteiger partial charge in [-0.05, 0) is 62.4 Å². The highest BCUT2D eigenvalue weighted by Gasteiger charge is 2.13. The molecule has 0 aliphatic carbocycles. The summed E-state index contributed by atoms with van der Waals surface area (Å²) in [5.74, 6) is 0. The quantitative estimate of drug-likeness (QED) is 0.619. The Morgan fingerprint density at radius 1 is 1.00 bits per heavy atom. The standard InChI is InChI=1S/C17H16BrN5O2S/c1-11-17(12(2)23(22-11)15-7-3-13(18)4-8-15)21-20-14-5-9-16(10-6-14)26(19,24)25/h3-10H,1-2H3,(H2,19,24,25). The largest absolute Gasteiger partial charge is 0.238 e. The van der Waals surface area contributed by atoms with E-state index in [-0.39, 0.29) is 4.90 Å². The van der Waals surface area contributed by atoms with Gasteiger partial charge in [-0.1, -0.05) is 15.9 Å². The molecule has 9 heteroatoms. The number of aromatic nitrogens is 2. The highest BCUT2D eigenvalue weighted by atomic mass is 79.9. The van der Waals surface area contributed by atoms with Crippen molar-refractivity contribution in [3.63, 3.8) is 0 Å². The summed E-state index contributed by atoms with van der Waals surface area (Å²) in [7, 11) is -3.72. The van der Waals surface area contributed by atoms with Crippen LogP contribution in [0.25, 0.3) is 5.69 Å². The number of aryl methyl sites for hydroxylation is 1. The van der Waals surface area contributed by atoms with E-state index in [4.69, 9.17) is 5.14 Å². The first-order valence-corrected chi connectivity index (χ1v) is 9.96. The Balaban J connectivity index is 1.90. The predicted octanol–water partition coefficient (Wildman–Crippen LogP) is 4.31. The Morgan fingerprint density at radius 3 is 2.19 bits per heavy atom. The maximum absolute atomic E-state index is 11.3. The minimum Gasteiger partial charge on any atom is -0.236 e. The van der Waals surface area contributed by atoms with Crippen LogP contribution in [0, 0.1) is 13.8 Å². The molecule has 0 bridgehead atoms. The van der Waals surface area contributed by atoms with Gasteiger partial charge in [0.25, 0.3) is 0 Å². The molecule has 1 aromatic heterocycles. The summed E-state index contributed by atoms with van der Waals surface area (Å²) in [6, 6.07) is 13.7. The summed E-state index contributed by atoms with van der Waals surface area (Å²) in [5.41, 5.74) is 3.72. The third-order valence-corrected chi connectivity index (χ3v) is 5.21. The Morgan fingerprint density at radius 2 is 1.62 bits per heavy atom. The normalized spacial score (nSPS) is 12.0. The molecule has 0 fully saturated rings. The van der Waals surface area contributed by atoms with Gasteiger partial charge in [0, 0.05) is 4.47 Å². The summed E-state index contributed by atoms with van der Waals surface area (Å²) in [4.78, 5) is 0.0341. The predicted molar refractivity (Wildman–Crippen MR) is 103 cm³/mol. The summed E-state index contributed by atoms with van der Waals surface area (Å²) >= 11 is 3.42. The van der Waals surface area contributed by atoms with Crippen molar-refractivity contribution in [3.05, 3.63) is 64.4 Å². The SMILES string of the molecule is Cc1nn(-c2ccc(Br)cc2)c(C)c1N=Nc1ccc(S(N)(=O)=O)cc1. The Hall–Kier alpha value is -2.36. The molecular formula is C17H16BrN5O2S. The molecular weight excluding hydrogens is 418 g/mol. The molecule has 1 heterocycles. The highest BCUT2D eigenvalue weighted by Crippen LogP contribution is 2.28. The number of azo groups is 1. The molecule has 2 N–H and O–H groups in total. The minimum absolute atomic E-state index is 0.0341. The van der Waals surface area contributed by atoms with Gasteiger partial charge in [-0.25, -0.2) is 18.2 Å². The molecule has 3 rings (SSSR count). The van der Waals surface area contributed by atoms with Gasteiger partial charge in [0.05, 0.1) is 27.7 Å². The molecule has 0 amide bonds. The monoisotopic (exact) mass is 433 g/mol. The van der Waals surface area contributed by atoms with Crippen molar-refractivity contribution in [3.8, 4) is 5.69 Å². The number of nitrogens with zero attached hydrogens (tertiary/aromatic N) is 4. The maximum atomic E-state index is 11.3. The zero-order chi connectivity index (χ0) is 18.9. The lowest BCUT2D eigenvalue weighted by atomic mass is 10.3. The van der Waals surface area contributed by atoms with Gasteiger partial charge >= 0.3 is 0 Å². The molecule has 0 aliphatic heterocycles. The molecule has 0 aliphatic rings. The topological polar surface area (TPSA) is 103 Å². The van der Waals surface area contributed by atoms with Crippen LogP contribution in [0.5, 0.6) is 0 Å². The number of rotatable bonds is 4. The van der Waals surface area contributed by atoms with Crippen LogP contribution >= 0.6 is 15.9 Å². The van der Waals surface area contributed by atoms with Crippen LogP contribution in [0.3, 0.4) is 0 Å². The minimum atomic E-state index is -3.72. The second-order valence-corrected chi connectivity index (χ2v) is 8.12. The van der Waals surface area contributed by atoms with Crippen molar-refractivity contribution in [1.82, 2.24) is 9.78 Å². The van der Waals surface area contributed by atoms with Gasteiger partial charge < -0.3 is 0 Å². The lowest BCUT2D eigenvalue weighted by Gasteiger charge is -2.04. The highest BCUT2D eigenvalue weighted by molar-refractivity contribution is 9.10. The van der Waals surface area contributed by atoms with Crippen LogP contribution in [-0.2, 0) is 10.0 Å². The molecule has 0 radical (unpaired) electrons. The zero-order valence-electron chi connectivity index (χ0n) is 14.1. The van der Waals surface area contributed by atoms with E-state index in [9.17, 15) is 8.42 Å². The first-order valence-electron chi connectivity index (χ1n) is 7.62. The summed E-state index contributed by atoms with van der Waals surface area (Å²) in [6.45, 7) is 3.78. The van der Waals surface area contributed by atoms with Crippen LogP contribution in [0.4, 0.5) is 11.4 Å². The average Bonchev–Trinajstić information content (AvgIpc) is 2.88. The third-order valence-electron chi connectivity index (χ3n) is 3.76. The number of hydrogen-bond acceptors (Lipinski definition) is 5. The lowest BCUT2D eigenvalue weighted by Crippen LogP contribution is -2.11. The van der Waals surface area contributed by atoms with E-state index in [1.807, 2.05) is 38.1 Å². The van der Waals surface area contributed by atoms with E-state index in [2.05, 4.69) is 31.3 Å². The van der Waals surface area contributed by atoms with Crippen LogP contribution in [0.1, 0.15) is 11.4 Å². The van der Waals surface area contributed by atoms with E-state index < -0.39 is 10.0 Å². The van der Waals surface area contributed by atoms with E-state index in [0.717, 1.165) is 21.5 Å². The fraction of sp³-hybridized carbons (Fsp3) is 0.118. The van der Waals surface area contributed by atoms with Gasteiger partial charge in [-0.2, -0.15) is 10.2 Å². The van der Waals surface area contributed by atoms with E-state index >= 15 is 0 Å². The van der Waals surface area contributed by atoms with Crippen LogP contribution in [-0.4, -0.2) is 18.2 Å². The molecule has 7 nitrogen and oxygen atoms in total. The van der Waals surface area contributed by atoms with Crippen molar-refractivity contribution in [2.45, 2.75) is 18.7 Å². The lowest BCUT2D eigenvalue weighted by molar-refractivity contribution is 0.598. The molecule has 3 aromatic rings.